The molecule has 0 atom stereocenters. The Labute approximate surface area is 141 Å². The molecule has 3 aromatic rings. The van der Waals surface area contributed by atoms with Crippen LogP contribution in [0.25, 0.3) is 16.7 Å². The van der Waals surface area contributed by atoms with Gasteiger partial charge in [0.1, 0.15) is 22.5 Å². The summed E-state index contributed by atoms with van der Waals surface area (Å²) in [5.41, 5.74) is 5.26. The Bertz CT molecular complexity index is 868. The van der Waals surface area contributed by atoms with Crippen molar-refractivity contribution in [1.82, 2.24) is 15.0 Å². The number of phenols is 1. The summed E-state index contributed by atoms with van der Waals surface area (Å²) in [5, 5.41) is 28.8. The van der Waals surface area contributed by atoms with E-state index in [0.717, 1.165) is 34.1 Å². The van der Waals surface area contributed by atoms with Crippen LogP contribution >= 0.6 is 0 Å². The molecule has 3 rings (SSSR count). The van der Waals surface area contributed by atoms with Gasteiger partial charge in [-0.1, -0.05) is 26.0 Å². The molecular weight excluding hydrogens is 302 g/mol. The number of aliphatic hydroxyl groups is 1. The molecule has 0 aliphatic heterocycles. The summed E-state index contributed by atoms with van der Waals surface area (Å²) in [6, 6.07) is 9.83. The molecule has 24 heavy (non-hydrogen) atoms. The second-order valence-corrected chi connectivity index (χ2v) is 6.52. The van der Waals surface area contributed by atoms with Crippen LogP contribution in [0, 0.1) is 6.92 Å². The van der Waals surface area contributed by atoms with Crippen molar-refractivity contribution in [2.75, 3.05) is 6.61 Å². The van der Waals surface area contributed by atoms with Crippen molar-refractivity contribution in [3.05, 3.63) is 47.0 Å². The highest BCUT2D eigenvalue weighted by atomic mass is 16.3. The number of hydrogen-bond acceptors (Lipinski definition) is 4. The van der Waals surface area contributed by atoms with Crippen molar-refractivity contribution >= 4 is 11.0 Å². The lowest BCUT2D eigenvalue weighted by atomic mass is 9.96. The summed E-state index contributed by atoms with van der Waals surface area (Å²) < 4.78 is 0. The summed E-state index contributed by atoms with van der Waals surface area (Å²) in [4.78, 5) is 1.51. The van der Waals surface area contributed by atoms with Gasteiger partial charge in [-0.3, -0.25) is 0 Å². The second kappa shape index (κ2) is 6.61. The van der Waals surface area contributed by atoms with Gasteiger partial charge in [-0.2, -0.15) is 0 Å². The molecule has 0 fully saturated rings. The highest BCUT2D eigenvalue weighted by molar-refractivity contribution is 5.75. The molecule has 0 saturated carbocycles. The highest BCUT2D eigenvalue weighted by Crippen LogP contribution is 2.33. The Hall–Kier alpha value is -2.40. The van der Waals surface area contributed by atoms with Gasteiger partial charge in [-0.05, 0) is 60.6 Å². The molecule has 1 heterocycles. The molecule has 0 aliphatic rings. The number of benzene rings is 2. The second-order valence-electron chi connectivity index (χ2n) is 6.52. The van der Waals surface area contributed by atoms with Crippen LogP contribution in [0.15, 0.2) is 30.3 Å². The molecule has 1 aromatic heterocycles. The zero-order valence-electron chi connectivity index (χ0n) is 14.3. The van der Waals surface area contributed by atoms with Crippen LogP contribution in [0.3, 0.4) is 0 Å². The third-order valence-electron chi connectivity index (χ3n) is 4.18. The molecule has 5 heteroatoms. The largest absolute Gasteiger partial charge is 0.505 e. The van der Waals surface area contributed by atoms with Crippen LogP contribution in [0.1, 0.15) is 42.9 Å². The molecule has 0 bridgehead atoms. The molecular formula is C19H23N3O2. The fourth-order valence-electron chi connectivity index (χ4n) is 2.85. The van der Waals surface area contributed by atoms with Gasteiger partial charge in [0.25, 0.3) is 0 Å². The first-order valence-electron chi connectivity index (χ1n) is 8.30. The van der Waals surface area contributed by atoms with Crippen LogP contribution in [0.4, 0.5) is 0 Å². The molecule has 0 spiro atoms. The van der Waals surface area contributed by atoms with E-state index >= 15 is 0 Å². The van der Waals surface area contributed by atoms with Gasteiger partial charge in [-0.15, -0.1) is 15.0 Å². The topological polar surface area (TPSA) is 71.2 Å². The summed E-state index contributed by atoms with van der Waals surface area (Å²) >= 11 is 0. The minimum Gasteiger partial charge on any atom is -0.505 e. The van der Waals surface area contributed by atoms with Crippen LogP contribution in [0.5, 0.6) is 5.75 Å². The molecule has 2 N–H and O–H groups in total. The Morgan fingerprint density at radius 2 is 1.83 bits per heavy atom. The smallest absolute Gasteiger partial charge is 0.146 e. The molecule has 5 nitrogen and oxygen atoms in total. The van der Waals surface area contributed by atoms with Crippen molar-refractivity contribution in [3.63, 3.8) is 0 Å². The van der Waals surface area contributed by atoms with Gasteiger partial charge < -0.3 is 10.2 Å². The van der Waals surface area contributed by atoms with Gasteiger partial charge in [-0.25, -0.2) is 0 Å². The minimum atomic E-state index is 0.149. The van der Waals surface area contributed by atoms with Crippen molar-refractivity contribution in [2.24, 2.45) is 0 Å². The van der Waals surface area contributed by atoms with Gasteiger partial charge in [0.2, 0.25) is 0 Å². The average Bonchev–Trinajstić information content (AvgIpc) is 2.96. The van der Waals surface area contributed by atoms with E-state index in [4.69, 9.17) is 5.11 Å². The van der Waals surface area contributed by atoms with Crippen LogP contribution < -0.4 is 0 Å². The van der Waals surface area contributed by atoms with E-state index in [9.17, 15) is 5.11 Å². The minimum absolute atomic E-state index is 0.149. The molecule has 0 aliphatic carbocycles. The maximum atomic E-state index is 10.7. The van der Waals surface area contributed by atoms with Gasteiger partial charge >= 0.3 is 0 Å². The fourth-order valence-corrected chi connectivity index (χ4v) is 2.85. The first kappa shape index (κ1) is 16.5. The number of phenolic OH excluding ortho intramolecular Hbond substituents is 1. The normalized spacial score (nSPS) is 11.5. The molecule has 0 amide bonds. The number of aliphatic hydroxyl groups excluding tert-OH is 1. The van der Waals surface area contributed by atoms with E-state index in [1.807, 2.05) is 51.1 Å². The van der Waals surface area contributed by atoms with Crippen LogP contribution in [-0.2, 0) is 6.42 Å². The summed E-state index contributed by atoms with van der Waals surface area (Å²) in [7, 11) is 0. The molecule has 0 saturated heterocycles. The lowest BCUT2D eigenvalue weighted by Crippen LogP contribution is -2.04. The Morgan fingerprint density at radius 3 is 2.54 bits per heavy atom. The maximum absolute atomic E-state index is 10.7. The molecule has 0 radical (unpaired) electrons. The van der Waals surface area contributed by atoms with Crippen molar-refractivity contribution in [2.45, 2.75) is 39.5 Å². The lowest BCUT2D eigenvalue weighted by molar-refractivity contribution is 0.288. The van der Waals surface area contributed by atoms with Gasteiger partial charge in [0, 0.05) is 6.61 Å². The van der Waals surface area contributed by atoms with Crippen molar-refractivity contribution < 1.29 is 10.2 Å². The van der Waals surface area contributed by atoms with E-state index in [1.165, 1.54) is 4.80 Å². The quantitative estimate of drug-likeness (QED) is 0.753. The maximum Gasteiger partial charge on any atom is 0.146 e. The summed E-state index contributed by atoms with van der Waals surface area (Å²) in [6.45, 7) is 6.26. The third kappa shape index (κ3) is 3.12. The number of nitrogens with zero attached hydrogens (tertiary/aromatic N) is 3. The molecule has 0 unspecified atom stereocenters. The lowest BCUT2D eigenvalue weighted by Gasteiger charge is -2.14. The monoisotopic (exact) mass is 325 g/mol. The zero-order valence-corrected chi connectivity index (χ0v) is 14.3. The van der Waals surface area contributed by atoms with E-state index < -0.39 is 0 Å². The summed E-state index contributed by atoms with van der Waals surface area (Å²) in [6.07, 6.45) is 1.44. The van der Waals surface area contributed by atoms with Gasteiger partial charge in [0.15, 0.2) is 0 Å². The first-order valence-corrected chi connectivity index (χ1v) is 8.30. The van der Waals surface area contributed by atoms with Crippen LogP contribution in [0.2, 0.25) is 0 Å². The predicted octanol–water partition coefficient (Wildman–Crippen LogP) is 3.48. The average molecular weight is 325 g/mol. The van der Waals surface area contributed by atoms with E-state index in [0.29, 0.717) is 12.1 Å². The molecule has 2 aromatic carbocycles. The third-order valence-corrected chi connectivity index (χ3v) is 4.18. The number of hydrogen-bond donors (Lipinski definition) is 2. The SMILES string of the molecule is Cc1ccc2nn(-c3cc(CCCO)cc(C(C)C)c3O)nc2c1. The number of aromatic nitrogens is 3. The number of rotatable bonds is 5. The van der Waals surface area contributed by atoms with Crippen molar-refractivity contribution in [3.8, 4) is 11.4 Å². The fraction of sp³-hybridized carbons (Fsp3) is 0.368. The van der Waals surface area contributed by atoms with E-state index in [2.05, 4.69) is 10.2 Å². The summed E-state index contributed by atoms with van der Waals surface area (Å²) in [5.74, 6) is 0.403. The van der Waals surface area contributed by atoms with E-state index in [-0.39, 0.29) is 18.3 Å². The van der Waals surface area contributed by atoms with E-state index in [1.54, 1.807) is 0 Å². The number of aromatic hydroxyl groups is 1. The highest BCUT2D eigenvalue weighted by Gasteiger charge is 2.16. The standard InChI is InChI=1S/C19H23N3O2/c1-12(2)15-10-14(5-4-8-23)11-18(19(15)24)22-20-16-7-6-13(3)9-17(16)21-22/h6-7,9-12,23-24H,4-5,8H2,1-3H3. The van der Waals surface area contributed by atoms with Crippen molar-refractivity contribution in [1.29, 1.82) is 0 Å². The predicted molar refractivity (Wildman–Crippen MR) is 94.8 cm³/mol. The van der Waals surface area contributed by atoms with Crippen LogP contribution in [-0.4, -0.2) is 31.8 Å². The Kier molecular flexibility index (Phi) is 4.53. The zero-order chi connectivity index (χ0) is 17.3. The number of aryl methyl sites for hydroxylation is 2. The Balaban J connectivity index is 2.14. The molecule has 126 valence electrons. The number of fused-ring (bicyclic) bond motifs is 1. The first-order chi connectivity index (χ1) is 11.5. The Morgan fingerprint density at radius 1 is 1.08 bits per heavy atom. The van der Waals surface area contributed by atoms with Gasteiger partial charge in [0.05, 0.1) is 0 Å².